The smallest absolute Gasteiger partial charge is 0.274 e. The molecule has 0 radical (unpaired) electrons. The monoisotopic (exact) mass is 416 g/mol. The maximum absolute atomic E-state index is 14.1. The van der Waals surface area contributed by atoms with Crippen LogP contribution in [0.3, 0.4) is 0 Å². The first kappa shape index (κ1) is 20.0. The topological polar surface area (TPSA) is 124 Å². The fourth-order valence-electron chi connectivity index (χ4n) is 2.99. The molecule has 0 aromatic carbocycles. The van der Waals surface area contributed by atoms with Gasteiger partial charge in [0, 0.05) is 12.1 Å². The zero-order valence-corrected chi connectivity index (χ0v) is 16.8. The number of methoxy groups -OCH3 is 2. The van der Waals surface area contributed by atoms with Crippen molar-refractivity contribution < 1.29 is 23.8 Å². The van der Waals surface area contributed by atoms with E-state index < -0.39 is 17.3 Å². The Morgan fingerprint density at radius 1 is 1.33 bits per heavy atom. The van der Waals surface area contributed by atoms with Gasteiger partial charge >= 0.3 is 0 Å². The number of aryl methyl sites for hydroxylation is 1. The van der Waals surface area contributed by atoms with E-state index >= 15 is 0 Å². The highest BCUT2D eigenvalue weighted by Crippen LogP contribution is 2.34. The van der Waals surface area contributed by atoms with Crippen molar-refractivity contribution in [2.75, 3.05) is 20.8 Å². The number of fused-ring (bicyclic) bond motifs is 1. The van der Waals surface area contributed by atoms with E-state index in [0.717, 1.165) is 0 Å². The first-order chi connectivity index (χ1) is 14.3. The highest BCUT2D eigenvalue weighted by molar-refractivity contribution is 6.02. The van der Waals surface area contributed by atoms with E-state index in [1.54, 1.807) is 0 Å². The van der Waals surface area contributed by atoms with Gasteiger partial charge in [-0.05, 0) is 25.8 Å². The average molecular weight is 416 g/mol. The second kappa shape index (κ2) is 7.48. The van der Waals surface area contributed by atoms with Gasteiger partial charge in [-0.15, -0.1) is 0 Å². The van der Waals surface area contributed by atoms with Crippen molar-refractivity contribution in [3.8, 4) is 11.8 Å². The number of carbonyl (C=O) groups excluding carboxylic acids is 1. The molecule has 1 aliphatic carbocycles. The van der Waals surface area contributed by atoms with Gasteiger partial charge in [-0.3, -0.25) is 4.79 Å². The molecule has 1 saturated carbocycles. The van der Waals surface area contributed by atoms with Crippen LogP contribution in [-0.4, -0.2) is 62.1 Å². The molecule has 0 bridgehead atoms. The highest BCUT2D eigenvalue weighted by atomic mass is 19.1. The zero-order chi connectivity index (χ0) is 21.5. The predicted molar refractivity (Wildman–Crippen MR) is 103 cm³/mol. The fraction of sp³-hybridized carbons (Fsp3) is 0.421. The first-order valence-corrected chi connectivity index (χ1v) is 9.31. The van der Waals surface area contributed by atoms with Crippen molar-refractivity contribution in [3.63, 3.8) is 0 Å². The fourth-order valence-corrected chi connectivity index (χ4v) is 2.99. The largest absolute Gasteiger partial charge is 0.481 e. The summed E-state index contributed by atoms with van der Waals surface area (Å²) < 4.78 is 25.9. The molecule has 1 fully saturated rings. The number of nitrogens with zero attached hydrogens (tertiary/aromatic N) is 5. The summed E-state index contributed by atoms with van der Waals surface area (Å²) in [5.74, 6) is -0.487. The van der Waals surface area contributed by atoms with Crippen LogP contribution in [0.5, 0.6) is 11.8 Å². The van der Waals surface area contributed by atoms with Crippen molar-refractivity contribution in [2.24, 2.45) is 0 Å². The molecule has 4 rings (SSSR count). The molecule has 2 N–H and O–H groups in total. The maximum atomic E-state index is 14.1. The third-order valence-electron chi connectivity index (χ3n) is 4.95. The number of hydrogen-bond acceptors (Lipinski definition) is 8. The number of carbonyl (C=O) groups is 1. The molecular weight excluding hydrogens is 395 g/mol. The van der Waals surface area contributed by atoms with Gasteiger partial charge < -0.3 is 19.9 Å². The minimum atomic E-state index is -0.846. The minimum absolute atomic E-state index is 0.0446. The lowest BCUT2D eigenvalue weighted by Gasteiger charge is -2.10. The summed E-state index contributed by atoms with van der Waals surface area (Å²) in [6, 6.07) is 1.31. The Labute approximate surface area is 171 Å². The number of ether oxygens (including phenoxy) is 2. The van der Waals surface area contributed by atoms with Gasteiger partial charge in [-0.1, -0.05) is 0 Å². The molecular formula is C19H21FN6O4. The Morgan fingerprint density at radius 2 is 2.10 bits per heavy atom. The van der Waals surface area contributed by atoms with Crippen molar-refractivity contribution in [2.45, 2.75) is 31.9 Å². The van der Waals surface area contributed by atoms with Crippen LogP contribution in [0, 0.1) is 12.7 Å². The van der Waals surface area contributed by atoms with E-state index in [9.17, 15) is 14.3 Å². The van der Waals surface area contributed by atoms with Gasteiger partial charge in [-0.2, -0.15) is 10.1 Å². The molecule has 0 atom stereocenters. The van der Waals surface area contributed by atoms with E-state index in [4.69, 9.17) is 9.47 Å². The number of aliphatic hydroxyl groups is 1. The molecule has 1 amide bonds. The number of amides is 1. The number of pyridine rings is 1. The highest BCUT2D eigenvalue weighted by Gasteiger charge is 2.40. The van der Waals surface area contributed by atoms with Crippen molar-refractivity contribution >= 4 is 17.1 Å². The van der Waals surface area contributed by atoms with Crippen LogP contribution < -0.4 is 14.8 Å². The van der Waals surface area contributed by atoms with E-state index in [1.807, 2.05) is 0 Å². The molecule has 3 heterocycles. The maximum Gasteiger partial charge on any atom is 0.274 e. The van der Waals surface area contributed by atoms with E-state index in [2.05, 4.69) is 25.4 Å². The number of halogens is 1. The van der Waals surface area contributed by atoms with Gasteiger partial charge in [0.25, 0.3) is 5.91 Å². The molecule has 10 nitrogen and oxygen atoms in total. The number of rotatable bonds is 7. The van der Waals surface area contributed by atoms with Crippen LogP contribution in [0.25, 0.3) is 11.2 Å². The third-order valence-corrected chi connectivity index (χ3v) is 4.95. The summed E-state index contributed by atoms with van der Waals surface area (Å²) >= 11 is 0. The molecule has 0 unspecified atom stereocenters. The van der Waals surface area contributed by atoms with E-state index in [1.165, 1.54) is 38.1 Å². The Hall–Kier alpha value is -3.34. The summed E-state index contributed by atoms with van der Waals surface area (Å²) in [6.07, 6.45) is 2.67. The van der Waals surface area contributed by atoms with Crippen LogP contribution in [0.1, 0.15) is 34.6 Å². The van der Waals surface area contributed by atoms with Crippen LogP contribution in [-0.2, 0) is 6.54 Å². The Balaban J connectivity index is 1.73. The summed E-state index contributed by atoms with van der Waals surface area (Å²) in [5, 5.41) is 17.0. The van der Waals surface area contributed by atoms with Gasteiger partial charge in [-0.25, -0.2) is 19.0 Å². The number of nitrogens with one attached hydrogen (secondary N) is 1. The molecule has 30 heavy (non-hydrogen) atoms. The van der Waals surface area contributed by atoms with Crippen molar-refractivity contribution in [3.05, 3.63) is 35.0 Å². The van der Waals surface area contributed by atoms with Gasteiger partial charge in [0.1, 0.15) is 11.3 Å². The predicted octanol–water partition coefficient (Wildman–Crippen LogP) is 0.989. The standard InChI is InChI=1S/C19H21FN6O4/c1-10-12(20)6-11(18(23-10)30-3)8-26-16-14(21-7-13(24-16)29-2)15(25-26)17(27)22-9-19(28)4-5-19/h6-7,28H,4-5,8-9H2,1-3H3,(H,22,27). The van der Waals surface area contributed by atoms with E-state index in [-0.39, 0.29) is 47.4 Å². The Bertz CT molecular complexity index is 1130. The Kier molecular flexibility index (Phi) is 4.98. The molecule has 3 aromatic rings. The molecule has 1 aliphatic rings. The lowest BCUT2D eigenvalue weighted by atomic mass is 10.2. The van der Waals surface area contributed by atoms with Gasteiger partial charge in [0.15, 0.2) is 11.3 Å². The normalized spacial score (nSPS) is 14.6. The quantitative estimate of drug-likeness (QED) is 0.584. The van der Waals surface area contributed by atoms with Gasteiger partial charge in [0.2, 0.25) is 11.8 Å². The van der Waals surface area contributed by atoms with Crippen molar-refractivity contribution in [1.29, 1.82) is 0 Å². The lowest BCUT2D eigenvalue weighted by molar-refractivity contribution is 0.0892. The van der Waals surface area contributed by atoms with E-state index in [0.29, 0.717) is 18.4 Å². The summed E-state index contributed by atoms with van der Waals surface area (Å²) in [4.78, 5) is 25.4. The summed E-state index contributed by atoms with van der Waals surface area (Å²) in [5.41, 5.74) is 0.378. The second-order valence-corrected chi connectivity index (χ2v) is 7.22. The third kappa shape index (κ3) is 3.75. The lowest BCUT2D eigenvalue weighted by Crippen LogP contribution is -2.33. The van der Waals surface area contributed by atoms with Crippen LogP contribution >= 0.6 is 0 Å². The summed E-state index contributed by atoms with van der Waals surface area (Å²) in [6.45, 7) is 1.71. The summed E-state index contributed by atoms with van der Waals surface area (Å²) in [7, 11) is 2.89. The molecule has 3 aromatic heterocycles. The van der Waals surface area contributed by atoms with Crippen LogP contribution in [0.4, 0.5) is 4.39 Å². The second-order valence-electron chi connectivity index (χ2n) is 7.22. The zero-order valence-electron chi connectivity index (χ0n) is 16.8. The number of hydrogen-bond donors (Lipinski definition) is 2. The number of aromatic nitrogens is 5. The first-order valence-electron chi connectivity index (χ1n) is 9.31. The molecule has 0 spiro atoms. The molecule has 11 heteroatoms. The molecule has 0 saturated heterocycles. The molecule has 158 valence electrons. The average Bonchev–Trinajstić information content (AvgIpc) is 3.38. The van der Waals surface area contributed by atoms with Gasteiger partial charge in [0.05, 0.1) is 38.3 Å². The Morgan fingerprint density at radius 3 is 2.77 bits per heavy atom. The van der Waals surface area contributed by atoms with Crippen LogP contribution in [0.15, 0.2) is 12.3 Å². The van der Waals surface area contributed by atoms with Crippen molar-refractivity contribution in [1.82, 2.24) is 30.0 Å². The minimum Gasteiger partial charge on any atom is -0.481 e. The van der Waals surface area contributed by atoms with Crippen LogP contribution in [0.2, 0.25) is 0 Å². The molecule has 0 aliphatic heterocycles. The SMILES string of the molecule is COc1cnc2c(C(=O)NCC3(O)CC3)nn(Cc3cc(F)c(C)nc3OC)c2n1.